The van der Waals surface area contributed by atoms with Crippen LogP contribution < -0.4 is 10.2 Å². The van der Waals surface area contributed by atoms with Crippen LogP contribution in [0, 0.1) is 5.92 Å². The first-order valence-corrected chi connectivity index (χ1v) is 9.84. The highest BCUT2D eigenvalue weighted by atomic mass is 16.3. The van der Waals surface area contributed by atoms with E-state index in [1.807, 2.05) is 4.90 Å². The van der Waals surface area contributed by atoms with Crippen LogP contribution in [0.1, 0.15) is 36.0 Å². The monoisotopic (exact) mass is 383 g/mol. The van der Waals surface area contributed by atoms with E-state index in [0.29, 0.717) is 31.1 Å². The molecule has 0 aromatic carbocycles. The van der Waals surface area contributed by atoms with E-state index >= 15 is 0 Å². The van der Waals surface area contributed by atoms with Crippen molar-refractivity contribution >= 4 is 17.8 Å². The van der Waals surface area contributed by atoms with Crippen LogP contribution in [0.2, 0.25) is 0 Å². The molecule has 0 bridgehead atoms. The maximum Gasteiger partial charge on any atom is 0.257 e. The van der Waals surface area contributed by atoms with Gasteiger partial charge in [0.1, 0.15) is 6.26 Å². The summed E-state index contributed by atoms with van der Waals surface area (Å²) < 4.78 is 4.99. The van der Waals surface area contributed by atoms with E-state index in [9.17, 15) is 9.59 Å². The van der Waals surface area contributed by atoms with Crippen molar-refractivity contribution in [2.75, 3.05) is 31.1 Å². The van der Waals surface area contributed by atoms with Gasteiger partial charge in [-0.25, -0.2) is 9.97 Å². The summed E-state index contributed by atoms with van der Waals surface area (Å²) in [5.41, 5.74) is 0.577. The van der Waals surface area contributed by atoms with Crippen LogP contribution in [-0.4, -0.2) is 58.9 Å². The van der Waals surface area contributed by atoms with E-state index < -0.39 is 0 Å². The van der Waals surface area contributed by atoms with Gasteiger partial charge in [-0.1, -0.05) is 0 Å². The molecule has 2 fully saturated rings. The van der Waals surface area contributed by atoms with Crippen molar-refractivity contribution in [2.24, 2.45) is 5.92 Å². The molecule has 2 saturated heterocycles. The van der Waals surface area contributed by atoms with Crippen molar-refractivity contribution in [2.45, 2.75) is 31.7 Å². The molecule has 2 aliphatic rings. The Kier molecular flexibility index (Phi) is 5.55. The molecule has 4 rings (SSSR count). The van der Waals surface area contributed by atoms with Crippen LogP contribution >= 0.6 is 0 Å². The number of piperidine rings is 2. The maximum absolute atomic E-state index is 12.8. The normalized spacial score (nSPS) is 20.8. The number of carbonyl (C=O) groups excluding carboxylic acids is 2. The van der Waals surface area contributed by atoms with Crippen LogP contribution in [-0.2, 0) is 4.79 Å². The second-order valence-corrected chi connectivity index (χ2v) is 7.42. The number of aromatic nitrogens is 2. The topological polar surface area (TPSA) is 91.6 Å². The number of carbonyl (C=O) groups is 2. The molecule has 2 aromatic heterocycles. The largest absolute Gasteiger partial charge is 0.472 e. The van der Waals surface area contributed by atoms with Crippen LogP contribution in [0.5, 0.6) is 0 Å². The first kappa shape index (κ1) is 18.5. The summed E-state index contributed by atoms with van der Waals surface area (Å²) >= 11 is 0. The van der Waals surface area contributed by atoms with Crippen LogP contribution in [0.25, 0.3) is 0 Å². The number of hydrogen-bond donors (Lipinski definition) is 1. The maximum atomic E-state index is 12.8. The Labute approximate surface area is 163 Å². The molecule has 2 amide bonds. The Hall–Kier alpha value is -2.90. The van der Waals surface area contributed by atoms with Gasteiger partial charge >= 0.3 is 0 Å². The molecule has 148 valence electrons. The quantitative estimate of drug-likeness (QED) is 0.864. The van der Waals surface area contributed by atoms with E-state index in [1.54, 1.807) is 24.5 Å². The zero-order valence-electron chi connectivity index (χ0n) is 15.8. The Morgan fingerprint density at radius 1 is 1.11 bits per heavy atom. The molecule has 0 aliphatic carbocycles. The molecule has 4 heterocycles. The van der Waals surface area contributed by atoms with E-state index in [0.717, 1.165) is 32.2 Å². The molecule has 2 aliphatic heterocycles. The van der Waals surface area contributed by atoms with E-state index in [4.69, 9.17) is 4.42 Å². The van der Waals surface area contributed by atoms with Gasteiger partial charge in [-0.05, 0) is 37.8 Å². The Morgan fingerprint density at radius 3 is 2.61 bits per heavy atom. The molecule has 2 aromatic rings. The highest BCUT2D eigenvalue weighted by Gasteiger charge is 2.30. The third kappa shape index (κ3) is 4.16. The van der Waals surface area contributed by atoms with Gasteiger partial charge in [0, 0.05) is 44.6 Å². The zero-order chi connectivity index (χ0) is 19.3. The molecular weight excluding hydrogens is 358 g/mol. The SMILES string of the molecule is O=C(NC1CCN(C(=O)c2ccoc2)CC1)C1CCCN(c2ncccn2)C1. The van der Waals surface area contributed by atoms with Crippen molar-refractivity contribution < 1.29 is 14.0 Å². The fourth-order valence-electron chi connectivity index (χ4n) is 3.94. The molecule has 0 radical (unpaired) electrons. The average molecular weight is 383 g/mol. The van der Waals surface area contributed by atoms with Gasteiger partial charge in [0.15, 0.2) is 0 Å². The lowest BCUT2D eigenvalue weighted by atomic mass is 9.96. The average Bonchev–Trinajstić information content (AvgIpc) is 3.29. The summed E-state index contributed by atoms with van der Waals surface area (Å²) in [6.07, 6.45) is 9.81. The van der Waals surface area contributed by atoms with E-state index in [2.05, 4.69) is 20.2 Å². The number of hydrogen-bond acceptors (Lipinski definition) is 6. The third-order valence-corrected chi connectivity index (χ3v) is 5.52. The van der Waals surface area contributed by atoms with Gasteiger partial charge in [0.05, 0.1) is 17.7 Å². The highest BCUT2D eigenvalue weighted by Crippen LogP contribution is 2.21. The minimum atomic E-state index is -0.0526. The molecule has 8 nitrogen and oxygen atoms in total. The van der Waals surface area contributed by atoms with Crippen molar-refractivity contribution in [3.05, 3.63) is 42.6 Å². The molecule has 8 heteroatoms. The molecule has 0 spiro atoms. The molecule has 1 atom stereocenters. The van der Waals surface area contributed by atoms with Crippen molar-refractivity contribution in [1.82, 2.24) is 20.2 Å². The first-order chi connectivity index (χ1) is 13.7. The third-order valence-electron chi connectivity index (χ3n) is 5.52. The smallest absolute Gasteiger partial charge is 0.257 e. The minimum absolute atomic E-state index is 0.00990. The lowest BCUT2D eigenvalue weighted by molar-refractivity contribution is -0.126. The number of nitrogens with zero attached hydrogens (tertiary/aromatic N) is 4. The van der Waals surface area contributed by atoms with Crippen molar-refractivity contribution in [1.29, 1.82) is 0 Å². The Morgan fingerprint density at radius 2 is 1.89 bits per heavy atom. The van der Waals surface area contributed by atoms with Gasteiger partial charge < -0.3 is 19.5 Å². The summed E-state index contributed by atoms with van der Waals surface area (Å²) in [7, 11) is 0. The molecule has 28 heavy (non-hydrogen) atoms. The van der Waals surface area contributed by atoms with Gasteiger partial charge in [0.25, 0.3) is 5.91 Å². The second-order valence-electron chi connectivity index (χ2n) is 7.42. The Balaban J connectivity index is 1.27. The molecule has 1 N–H and O–H groups in total. The van der Waals surface area contributed by atoms with Crippen LogP contribution in [0.15, 0.2) is 41.5 Å². The minimum Gasteiger partial charge on any atom is -0.472 e. The number of likely N-dealkylation sites (tertiary alicyclic amines) is 1. The van der Waals surface area contributed by atoms with Gasteiger partial charge in [-0.2, -0.15) is 0 Å². The number of amides is 2. The second kappa shape index (κ2) is 8.41. The van der Waals surface area contributed by atoms with Crippen LogP contribution in [0.4, 0.5) is 5.95 Å². The number of rotatable bonds is 4. The summed E-state index contributed by atoms with van der Waals surface area (Å²) in [5.74, 6) is 0.721. The summed E-state index contributed by atoms with van der Waals surface area (Å²) in [6.45, 7) is 2.81. The number of nitrogens with one attached hydrogen (secondary N) is 1. The predicted molar refractivity (Wildman–Crippen MR) is 103 cm³/mol. The lowest BCUT2D eigenvalue weighted by Crippen LogP contribution is -2.50. The van der Waals surface area contributed by atoms with Crippen molar-refractivity contribution in [3.63, 3.8) is 0 Å². The summed E-state index contributed by atoms with van der Waals surface area (Å²) in [6, 6.07) is 3.59. The highest BCUT2D eigenvalue weighted by molar-refractivity contribution is 5.93. The summed E-state index contributed by atoms with van der Waals surface area (Å²) in [5, 5.41) is 3.19. The fourth-order valence-corrected chi connectivity index (χ4v) is 3.94. The molecule has 1 unspecified atom stereocenters. The van der Waals surface area contributed by atoms with Gasteiger partial charge in [-0.15, -0.1) is 0 Å². The van der Waals surface area contributed by atoms with Gasteiger partial charge in [0.2, 0.25) is 11.9 Å². The van der Waals surface area contributed by atoms with E-state index in [1.165, 1.54) is 12.5 Å². The number of anilines is 1. The van der Waals surface area contributed by atoms with E-state index in [-0.39, 0.29) is 23.8 Å². The van der Waals surface area contributed by atoms with Crippen molar-refractivity contribution in [3.8, 4) is 0 Å². The first-order valence-electron chi connectivity index (χ1n) is 9.84. The molecule has 0 saturated carbocycles. The van der Waals surface area contributed by atoms with Crippen LogP contribution in [0.3, 0.4) is 0 Å². The standard InChI is InChI=1S/C20H25N5O3/c26-18(15-3-1-9-25(13-15)20-21-7-2-8-22-20)23-17-4-10-24(11-5-17)19(27)16-6-12-28-14-16/h2,6-8,12,14-15,17H,1,3-5,9-11,13H2,(H,23,26). The fraction of sp³-hybridized carbons (Fsp3) is 0.500. The van der Waals surface area contributed by atoms with Gasteiger partial charge in [-0.3, -0.25) is 9.59 Å². The Bertz CT molecular complexity index is 787. The molecular formula is C20H25N5O3. The summed E-state index contributed by atoms with van der Waals surface area (Å²) in [4.78, 5) is 37.6. The zero-order valence-corrected chi connectivity index (χ0v) is 15.8. The lowest BCUT2D eigenvalue weighted by Gasteiger charge is -2.35. The predicted octanol–water partition coefficient (Wildman–Crippen LogP) is 1.71. The number of furan rings is 1.